The van der Waals surface area contributed by atoms with Gasteiger partial charge in [0, 0.05) is 18.2 Å². The molecule has 4 aromatic rings. The van der Waals surface area contributed by atoms with Gasteiger partial charge in [-0.1, -0.05) is 56.7 Å². The molecule has 3 fully saturated rings. The topological polar surface area (TPSA) is 216 Å². The molecule has 3 N–H and O–H groups in total. The van der Waals surface area contributed by atoms with Crippen molar-refractivity contribution in [2.45, 2.75) is 102 Å². The number of esters is 3. The van der Waals surface area contributed by atoms with E-state index in [2.05, 4.69) is 21.2 Å². The number of hydrogen-bond donors (Lipinski definition) is 2. The van der Waals surface area contributed by atoms with E-state index in [1.165, 1.54) is 30.3 Å². The summed E-state index contributed by atoms with van der Waals surface area (Å²) in [6.45, 7) is 4.00. The van der Waals surface area contributed by atoms with Crippen molar-refractivity contribution in [3.8, 4) is 11.8 Å². The first-order valence-electron chi connectivity index (χ1n) is 18.4. The molecule has 2 saturated carbocycles. The van der Waals surface area contributed by atoms with Crippen LogP contribution in [0.25, 0.3) is 16.3 Å². The molecular formula is C38H43N6O10P. The number of anilines is 1. The third-order valence-corrected chi connectivity index (χ3v) is 12.3. The Morgan fingerprint density at radius 2 is 1.78 bits per heavy atom. The van der Waals surface area contributed by atoms with Crippen molar-refractivity contribution in [3.63, 3.8) is 0 Å². The van der Waals surface area contributed by atoms with Crippen LogP contribution in [0.2, 0.25) is 0 Å². The van der Waals surface area contributed by atoms with Crippen LogP contribution in [0.5, 0.6) is 5.75 Å². The van der Waals surface area contributed by atoms with E-state index in [1.54, 1.807) is 44.2 Å². The van der Waals surface area contributed by atoms with E-state index in [0.29, 0.717) is 10.9 Å². The van der Waals surface area contributed by atoms with Crippen molar-refractivity contribution in [1.82, 2.24) is 19.7 Å². The highest BCUT2D eigenvalue weighted by molar-refractivity contribution is 7.52. The Bertz CT molecular complexity index is 2190. The zero-order valence-corrected chi connectivity index (χ0v) is 31.6. The molecule has 16 nitrogen and oxygen atoms in total. The van der Waals surface area contributed by atoms with Crippen molar-refractivity contribution in [1.29, 1.82) is 5.26 Å². The average Bonchev–Trinajstić information content (AvgIpc) is 3.71. The maximum Gasteiger partial charge on any atom is 0.459 e. The Kier molecular flexibility index (Phi) is 10.6. The number of carbonyl (C=O) groups excluding carboxylic acids is 3. The number of nitrogen functional groups attached to an aromatic ring is 1. The first kappa shape index (κ1) is 38.2. The highest BCUT2D eigenvalue weighted by atomic mass is 31.2. The van der Waals surface area contributed by atoms with E-state index in [-0.39, 0.29) is 41.6 Å². The van der Waals surface area contributed by atoms with Crippen molar-refractivity contribution in [2.75, 3.05) is 12.3 Å². The van der Waals surface area contributed by atoms with Crippen LogP contribution < -0.4 is 15.3 Å². The van der Waals surface area contributed by atoms with Gasteiger partial charge >= 0.3 is 25.7 Å². The van der Waals surface area contributed by atoms with Gasteiger partial charge in [0.1, 0.15) is 41.9 Å². The van der Waals surface area contributed by atoms with Crippen LogP contribution in [0.1, 0.15) is 71.4 Å². The molecule has 17 heteroatoms. The average molecular weight is 775 g/mol. The maximum absolute atomic E-state index is 14.9. The highest BCUT2D eigenvalue weighted by Crippen LogP contribution is 2.57. The Morgan fingerprint density at radius 1 is 1.05 bits per heavy atom. The standard InChI is InChI=1S/C38H43N6O10P/c1-4-31(45)51-33-29(53-38(21-39,34(33)52-32(46)5-2)30-15-14-27-35(40)41-22-42-44(27)30)20-49-55(48,54-28-13-8-11-24-10-6-7-12-26(24)28)43-23(3)36(47)50-25-18-37(19-25)16-9-17-37/h6-8,10-15,22-23,25,29,33-34H,4-5,9,16-20H2,1-3H3,(H,43,48)(H2,40,41,42)/t23-,29+,33+,34+,38?,55?/m0/s1. The molecule has 2 aromatic heterocycles. The number of nitriles is 1. The molecule has 3 aliphatic rings. The molecule has 290 valence electrons. The van der Waals surface area contributed by atoms with Gasteiger partial charge in [0.2, 0.25) is 5.60 Å². The molecule has 6 atom stereocenters. The Morgan fingerprint density at radius 3 is 2.49 bits per heavy atom. The van der Waals surface area contributed by atoms with Gasteiger partial charge in [0.15, 0.2) is 18.0 Å². The summed E-state index contributed by atoms with van der Waals surface area (Å²) in [4.78, 5) is 43.1. The number of ether oxygens (including phenoxy) is 4. The van der Waals surface area contributed by atoms with Gasteiger partial charge in [0.05, 0.1) is 12.3 Å². The van der Waals surface area contributed by atoms with Gasteiger partial charge in [-0.05, 0) is 61.6 Å². The quantitative estimate of drug-likeness (QED) is 0.0946. The van der Waals surface area contributed by atoms with Crippen molar-refractivity contribution in [2.24, 2.45) is 5.41 Å². The first-order valence-corrected chi connectivity index (χ1v) is 19.9. The van der Waals surface area contributed by atoms with E-state index < -0.39 is 62.2 Å². The highest BCUT2D eigenvalue weighted by Gasteiger charge is 2.63. The predicted octanol–water partition coefficient (Wildman–Crippen LogP) is 5.28. The molecule has 0 amide bonds. The summed E-state index contributed by atoms with van der Waals surface area (Å²) < 4.78 is 52.2. The fourth-order valence-electron chi connectivity index (χ4n) is 7.56. The number of nitrogens with two attached hydrogens (primary N) is 1. The van der Waals surface area contributed by atoms with Crippen LogP contribution >= 0.6 is 7.75 Å². The van der Waals surface area contributed by atoms with Crippen LogP contribution in [0.15, 0.2) is 60.9 Å². The lowest BCUT2D eigenvalue weighted by Gasteiger charge is -2.53. The molecule has 1 aliphatic heterocycles. The number of carbonyl (C=O) groups is 3. The van der Waals surface area contributed by atoms with Gasteiger partial charge < -0.3 is 29.2 Å². The predicted molar refractivity (Wildman–Crippen MR) is 196 cm³/mol. The van der Waals surface area contributed by atoms with Gasteiger partial charge in [-0.3, -0.25) is 18.9 Å². The third kappa shape index (κ3) is 7.37. The van der Waals surface area contributed by atoms with Crippen LogP contribution in [0.4, 0.5) is 5.82 Å². The van der Waals surface area contributed by atoms with Gasteiger partial charge in [-0.15, -0.1) is 0 Å². The van der Waals surface area contributed by atoms with Gasteiger partial charge in [-0.25, -0.2) is 14.1 Å². The number of nitrogens with zero attached hydrogens (tertiary/aromatic N) is 4. The Labute approximate surface area is 317 Å². The maximum atomic E-state index is 14.9. The third-order valence-electron chi connectivity index (χ3n) is 10.6. The second-order valence-electron chi connectivity index (χ2n) is 14.3. The molecule has 2 aliphatic carbocycles. The smallest absolute Gasteiger partial charge is 0.459 e. The lowest BCUT2D eigenvalue weighted by atomic mass is 9.55. The Balaban J connectivity index is 1.21. The number of aromatic nitrogens is 3. The molecule has 0 bridgehead atoms. The zero-order valence-electron chi connectivity index (χ0n) is 30.7. The van der Waals surface area contributed by atoms with Crippen molar-refractivity contribution < 1.29 is 46.9 Å². The number of fused-ring (bicyclic) bond motifs is 2. The van der Waals surface area contributed by atoms with Gasteiger partial charge in [-0.2, -0.15) is 15.4 Å². The second kappa shape index (κ2) is 15.2. The first-order chi connectivity index (χ1) is 26.4. The number of hydrogen-bond acceptors (Lipinski definition) is 14. The normalized spacial score (nSPS) is 24.6. The minimum atomic E-state index is -4.54. The van der Waals surface area contributed by atoms with Crippen molar-refractivity contribution in [3.05, 3.63) is 66.6 Å². The number of rotatable bonds is 14. The molecule has 1 spiro atoms. The van der Waals surface area contributed by atoms with E-state index in [4.69, 9.17) is 33.7 Å². The van der Waals surface area contributed by atoms with E-state index in [0.717, 1.165) is 31.1 Å². The summed E-state index contributed by atoms with van der Waals surface area (Å²) >= 11 is 0. The van der Waals surface area contributed by atoms with Crippen LogP contribution in [0, 0.1) is 16.7 Å². The fraction of sp³-hybridized carbons (Fsp3) is 0.474. The Hall–Kier alpha value is -5.07. The lowest BCUT2D eigenvalue weighted by Crippen LogP contribution is -2.49. The molecule has 2 unspecified atom stereocenters. The summed E-state index contributed by atoms with van der Waals surface area (Å²) in [6.07, 6.45) is 1.45. The number of nitrogens with one attached hydrogen (secondary N) is 1. The van der Waals surface area contributed by atoms with Gasteiger partial charge in [0.25, 0.3) is 0 Å². The second-order valence-corrected chi connectivity index (χ2v) is 16.0. The summed E-state index contributed by atoms with van der Waals surface area (Å²) in [7, 11) is -4.54. The molecule has 7 rings (SSSR count). The van der Waals surface area contributed by atoms with E-state index in [1.807, 2.05) is 18.2 Å². The van der Waals surface area contributed by atoms with E-state index in [9.17, 15) is 24.2 Å². The van der Waals surface area contributed by atoms with E-state index >= 15 is 0 Å². The molecule has 55 heavy (non-hydrogen) atoms. The van der Waals surface area contributed by atoms with Crippen LogP contribution in [-0.2, 0) is 48.0 Å². The molecule has 1 saturated heterocycles. The summed E-state index contributed by atoms with van der Waals surface area (Å²) in [5.74, 6) is -1.74. The van der Waals surface area contributed by atoms with Crippen molar-refractivity contribution >= 4 is 47.8 Å². The van der Waals surface area contributed by atoms with Crippen LogP contribution in [-0.4, -0.2) is 69.6 Å². The zero-order chi connectivity index (χ0) is 39.0. The fourth-order valence-corrected chi connectivity index (χ4v) is 9.08. The largest absolute Gasteiger partial charge is 0.461 e. The summed E-state index contributed by atoms with van der Waals surface area (Å²) in [6, 6.07) is 16.5. The molecule has 3 heterocycles. The monoisotopic (exact) mass is 774 g/mol. The lowest BCUT2D eigenvalue weighted by molar-refractivity contribution is -0.169. The minimum Gasteiger partial charge on any atom is -0.461 e. The SMILES string of the molecule is CCC(=O)O[C@H]1[C@@H](OC(=O)CC)C(C#N)(c2ccc3c(N)ncnn23)O[C@@H]1COP(=O)(N[C@@H](C)C(=O)OC1CC2(CCC2)C1)Oc1cccc2ccccc12. The van der Waals surface area contributed by atoms with Crippen LogP contribution in [0.3, 0.4) is 0 Å². The molecule has 2 aromatic carbocycles. The molecule has 0 radical (unpaired) electrons. The minimum absolute atomic E-state index is 0.0676. The summed E-state index contributed by atoms with van der Waals surface area (Å²) in [5, 5.41) is 19.3. The molecular weight excluding hydrogens is 731 g/mol. The number of benzene rings is 2. The summed E-state index contributed by atoms with van der Waals surface area (Å²) in [5.41, 5.74) is 4.64.